The lowest BCUT2D eigenvalue weighted by Crippen LogP contribution is -2.36. The summed E-state index contributed by atoms with van der Waals surface area (Å²) in [5.74, 6) is 1.72. The van der Waals surface area contributed by atoms with Crippen LogP contribution in [0, 0.1) is 24.2 Å². The molecular formula is C19H30N2OS. The summed E-state index contributed by atoms with van der Waals surface area (Å²) in [4.78, 5) is 7.00. The van der Waals surface area contributed by atoms with E-state index >= 15 is 0 Å². The molecule has 2 atom stereocenters. The van der Waals surface area contributed by atoms with Crippen LogP contribution in [0.1, 0.15) is 29.7 Å². The Morgan fingerprint density at radius 3 is 2.83 bits per heavy atom. The van der Waals surface area contributed by atoms with E-state index in [1.807, 2.05) is 18.4 Å². The molecule has 1 saturated carbocycles. The van der Waals surface area contributed by atoms with E-state index in [0.29, 0.717) is 5.41 Å². The Balaban J connectivity index is 1.42. The number of rotatable bonds is 6. The van der Waals surface area contributed by atoms with Crippen molar-refractivity contribution >= 4 is 11.3 Å². The van der Waals surface area contributed by atoms with Crippen LogP contribution in [0.2, 0.25) is 0 Å². The highest BCUT2D eigenvalue weighted by molar-refractivity contribution is 7.10. The van der Waals surface area contributed by atoms with Crippen LogP contribution in [0.15, 0.2) is 11.4 Å². The fraction of sp³-hybridized carbons (Fsp3) is 0.789. The lowest BCUT2D eigenvalue weighted by molar-refractivity contribution is 0.0959. The summed E-state index contributed by atoms with van der Waals surface area (Å²) in [6.07, 6.45) is 4.27. The van der Waals surface area contributed by atoms with Crippen LogP contribution in [-0.4, -0.2) is 56.2 Å². The van der Waals surface area contributed by atoms with Crippen LogP contribution < -0.4 is 0 Å². The van der Waals surface area contributed by atoms with Gasteiger partial charge in [0.25, 0.3) is 0 Å². The molecule has 3 heterocycles. The summed E-state index contributed by atoms with van der Waals surface area (Å²) in [7, 11) is 1.87. The molecule has 3 aliphatic rings. The van der Waals surface area contributed by atoms with Gasteiger partial charge >= 0.3 is 0 Å². The standard InChI is InChI=1S/C19H30N2OS/c1-15-5-8-23-18(15)11-20-7-6-19(13-20)14-21(9-16-3-4-16)10-17(19)12-22-2/h5,8,16-17H,3-4,6-7,9-14H2,1-2H3/t17-,19+/m1/s1. The monoisotopic (exact) mass is 334 g/mol. The topological polar surface area (TPSA) is 15.7 Å². The van der Waals surface area contributed by atoms with Gasteiger partial charge in [0, 0.05) is 56.0 Å². The Bertz CT molecular complexity index is 541. The first-order valence-corrected chi connectivity index (χ1v) is 10.0. The summed E-state index contributed by atoms with van der Waals surface area (Å²) >= 11 is 1.92. The van der Waals surface area contributed by atoms with Gasteiger partial charge in [-0.25, -0.2) is 0 Å². The second-order valence-corrected chi connectivity index (χ2v) is 9.14. The lowest BCUT2D eigenvalue weighted by atomic mass is 9.77. The van der Waals surface area contributed by atoms with Crippen molar-refractivity contribution in [3.8, 4) is 0 Å². The van der Waals surface area contributed by atoms with Crippen LogP contribution in [-0.2, 0) is 11.3 Å². The number of ether oxygens (including phenoxy) is 1. The van der Waals surface area contributed by atoms with Gasteiger partial charge in [-0.15, -0.1) is 11.3 Å². The van der Waals surface area contributed by atoms with Gasteiger partial charge in [0.2, 0.25) is 0 Å². The smallest absolute Gasteiger partial charge is 0.0509 e. The minimum Gasteiger partial charge on any atom is -0.384 e. The molecular weight excluding hydrogens is 304 g/mol. The normalized spacial score (nSPS) is 32.3. The van der Waals surface area contributed by atoms with Crippen molar-refractivity contribution in [1.82, 2.24) is 9.80 Å². The Hall–Kier alpha value is -0.420. The zero-order valence-corrected chi connectivity index (χ0v) is 15.4. The quantitative estimate of drug-likeness (QED) is 0.794. The Morgan fingerprint density at radius 2 is 2.13 bits per heavy atom. The van der Waals surface area contributed by atoms with Crippen molar-refractivity contribution in [2.45, 2.75) is 32.7 Å². The van der Waals surface area contributed by atoms with Crippen LogP contribution in [0.3, 0.4) is 0 Å². The van der Waals surface area contributed by atoms with E-state index in [9.17, 15) is 0 Å². The molecule has 0 aromatic carbocycles. The van der Waals surface area contributed by atoms with Gasteiger partial charge in [-0.1, -0.05) is 0 Å². The zero-order valence-electron chi connectivity index (χ0n) is 14.6. The van der Waals surface area contributed by atoms with Gasteiger partial charge in [-0.2, -0.15) is 0 Å². The van der Waals surface area contributed by atoms with Crippen LogP contribution in [0.4, 0.5) is 0 Å². The van der Waals surface area contributed by atoms with Crippen molar-refractivity contribution < 1.29 is 4.74 Å². The third-order valence-corrected chi connectivity index (χ3v) is 7.27. The summed E-state index contributed by atoms with van der Waals surface area (Å²) in [6.45, 7) is 10.8. The molecule has 4 heteroatoms. The number of aryl methyl sites for hydroxylation is 1. The molecule has 3 nitrogen and oxygen atoms in total. The molecule has 1 aliphatic carbocycles. The van der Waals surface area contributed by atoms with Crippen molar-refractivity contribution in [2.24, 2.45) is 17.3 Å². The number of methoxy groups -OCH3 is 1. The predicted molar refractivity (Wildman–Crippen MR) is 95.9 cm³/mol. The van der Waals surface area contributed by atoms with E-state index in [0.717, 1.165) is 25.0 Å². The van der Waals surface area contributed by atoms with Crippen molar-refractivity contribution in [3.05, 3.63) is 21.9 Å². The van der Waals surface area contributed by atoms with Crippen LogP contribution in [0.25, 0.3) is 0 Å². The van der Waals surface area contributed by atoms with Gasteiger partial charge < -0.3 is 9.64 Å². The zero-order chi connectivity index (χ0) is 15.9. The van der Waals surface area contributed by atoms with E-state index in [1.165, 1.54) is 57.5 Å². The Labute approximate surface area is 144 Å². The molecule has 0 amide bonds. The lowest BCUT2D eigenvalue weighted by Gasteiger charge is -2.30. The third kappa shape index (κ3) is 3.37. The fourth-order valence-electron chi connectivity index (χ4n) is 4.73. The van der Waals surface area contributed by atoms with Crippen molar-refractivity contribution in [1.29, 1.82) is 0 Å². The molecule has 2 aliphatic heterocycles. The Morgan fingerprint density at radius 1 is 1.30 bits per heavy atom. The molecule has 128 valence electrons. The predicted octanol–water partition coefficient (Wildman–Crippen LogP) is 3.24. The second-order valence-electron chi connectivity index (χ2n) is 8.14. The van der Waals surface area contributed by atoms with Crippen molar-refractivity contribution in [2.75, 3.05) is 46.4 Å². The molecule has 1 aromatic heterocycles. The number of nitrogens with zero attached hydrogens (tertiary/aromatic N) is 2. The van der Waals surface area contributed by atoms with E-state index in [-0.39, 0.29) is 0 Å². The second kappa shape index (κ2) is 6.47. The van der Waals surface area contributed by atoms with E-state index in [1.54, 1.807) is 4.88 Å². The molecule has 2 saturated heterocycles. The molecule has 1 spiro atoms. The van der Waals surface area contributed by atoms with Gasteiger partial charge in [0.05, 0.1) is 6.61 Å². The minimum atomic E-state index is 0.482. The summed E-state index contributed by atoms with van der Waals surface area (Å²) < 4.78 is 5.60. The number of hydrogen-bond acceptors (Lipinski definition) is 4. The van der Waals surface area contributed by atoms with Crippen molar-refractivity contribution in [3.63, 3.8) is 0 Å². The SMILES string of the molecule is COC[C@H]1CN(CC2CC2)C[C@@]12CCN(Cc1sccc1C)C2. The maximum Gasteiger partial charge on any atom is 0.0509 e. The van der Waals surface area contributed by atoms with Gasteiger partial charge in [-0.05, 0) is 55.7 Å². The molecule has 4 rings (SSSR count). The average molecular weight is 335 g/mol. The highest BCUT2D eigenvalue weighted by Gasteiger charge is 2.50. The molecule has 0 radical (unpaired) electrons. The summed E-state index contributed by atoms with van der Waals surface area (Å²) in [5.41, 5.74) is 1.95. The molecule has 23 heavy (non-hydrogen) atoms. The first-order valence-electron chi connectivity index (χ1n) is 9.15. The summed E-state index contributed by atoms with van der Waals surface area (Å²) in [5, 5.41) is 2.23. The van der Waals surface area contributed by atoms with Gasteiger partial charge in [0.15, 0.2) is 0 Å². The van der Waals surface area contributed by atoms with E-state index in [4.69, 9.17) is 4.74 Å². The van der Waals surface area contributed by atoms with Gasteiger partial charge in [0.1, 0.15) is 0 Å². The largest absolute Gasteiger partial charge is 0.384 e. The maximum absolute atomic E-state index is 5.60. The molecule has 0 bridgehead atoms. The first kappa shape index (κ1) is 16.1. The molecule has 1 aromatic rings. The maximum atomic E-state index is 5.60. The highest BCUT2D eigenvalue weighted by Crippen LogP contribution is 2.45. The molecule has 0 N–H and O–H groups in total. The first-order chi connectivity index (χ1) is 11.2. The fourth-order valence-corrected chi connectivity index (χ4v) is 5.68. The van der Waals surface area contributed by atoms with Gasteiger partial charge in [-0.3, -0.25) is 4.90 Å². The van der Waals surface area contributed by atoms with E-state index in [2.05, 4.69) is 28.2 Å². The number of thiophene rings is 1. The molecule has 0 unspecified atom stereocenters. The number of likely N-dealkylation sites (tertiary alicyclic amines) is 2. The van der Waals surface area contributed by atoms with Crippen LogP contribution in [0.5, 0.6) is 0 Å². The number of hydrogen-bond donors (Lipinski definition) is 0. The molecule has 3 fully saturated rings. The average Bonchev–Trinajstić information content (AvgIpc) is 2.96. The summed E-state index contributed by atoms with van der Waals surface area (Å²) in [6, 6.07) is 2.26. The Kier molecular flexibility index (Phi) is 4.52. The highest BCUT2D eigenvalue weighted by atomic mass is 32.1. The van der Waals surface area contributed by atoms with E-state index < -0.39 is 0 Å². The minimum absolute atomic E-state index is 0.482. The third-order valence-electron chi connectivity index (χ3n) is 6.26. The van der Waals surface area contributed by atoms with Crippen LogP contribution >= 0.6 is 11.3 Å².